The maximum atomic E-state index is 11.7. The standard InChI is InChI=1S/C23H43NO2/c1-9-14-21(6,10-2)22(7,15-12-11-13-17(3)4)23(8)18(5)16-19(24-23)20(25)26/h9,17-19,24H,1,10-16H2,2-8H3,(H,25,26). The molecule has 5 unspecified atom stereocenters. The number of hydrogen-bond acceptors (Lipinski definition) is 2. The predicted octanol–water partition coefficient (Wildman–Crippen LogP) is 6.04. The van der Waals surface area contributed by atoms with Gasteiger partial charge in [0, 0.05) is 5.54 Å². The molecular formula is C23H43NO2. The van der Waals surface area contributed by atoms with Crippen molar-refractivity contribution in [3.63, 3.8) is 0 Å². The molecule has 0 aromatic rings. The van der Waals surface area contributed by atoms with E-state index in [0.29, 0.717) is 12.3 Å². The fraction of sp³-hybridized carbons (Fsp3) is 0.870. The van der Waals surface area contributed by atoms with Crippen LogP contribution in [0.2, 0.25) is 0 Å². The van der Waals surface area contributed by atoms with Gasteiger partial charge in [-0.1, -0.05) is 66.9 Å². The Kier molecular flexibility index (Phi) is 7.95. The largest absolute Gasteiger partial charge is 0.480 e. The Bertz CT molecular complexity index is 489. The molecule has 2 N–H and O–H groups in total. The van der Waals surface area contributed by atoms with E-state index < -0.39 is 12.0 Å². The van der Waals surface area contributed by atoms with Gasteiger partial charge in [-0.3, -0.25) is 10.1 Å². The third kappa shape index (κ3) is 4.35. The molecule has 0 aromatic carbocycles. The van der Waals surface area contributed by atoms with Crippen molar-refractivity contribution in [2.75, 3.05) is 0 Å². The molecule has 3 nitrogen and oxygen atoms in total. The number of hydrogen-bond donors (Lipinski definition) is 2. The van der Waals surface area contributed by atoms with Crippen LogP contribution in [0.4, 0.5) is 0 Å². The molecule has 1 aliphatic rings. The van der Waals surface area contributed by atoms with Crippen LogP contribution in [-0.4, -0.2) is 22.7 Å². The zero-order valence-electron chi connectivity index (χ0n) is 18.3. The summed E-state index contributed by atoms with van der Waals surface area (Å²) in [5.74, 6) is 0.349. The van der Waals surface area contributed by atoms with Gasteiger partial charge in [-0.2, -0.15) is 0 Å². The number of rotatable bonds is 11. The van der Waals surface area contributed by atoms with Gasteiger partial charge in [-0.05, 0) is 55.3 Å². The first kappa shape index (κ1) is 23.2. The molecule has 0 saturated carbocycles. The molecule has 0 radical (unpaired) electrons. The lowest BCUT2D eigenvalue weighted by atomic mass is 9.50. The number of aliphatic carboxylic acids is 1. The van der Waals surface area contributed by atoms with Gasteiger partial charge in [0.1, 0.15) is 6.04 Å². The van der Waals surface area contributed by atoms with Crippen molar-refractivity contribution < 1.29 is 9.90 Å². The van der Waals surface area contributed by atoms with Crippen LogP contribution in [-0.2, 0) is 4.79 Å². The van der Waals surface area contributed by atoms with Gasteiger partial charge >= 0.3 is 5.97 Å². The molecule has 0 spiro atoms. The maximum absolute atomic E-state index is 11.7. The molecule has 0 bridgehead atoms. The van der Waals surface area contributed by atoms with E-state index in [1.54, 1.807) is 0 Å². The van der Waals surface area contributed by atoms with Crippen molar-refractivity contribution >= 4 is 5.97 Å². The van der Waals surface area contributed by atoms with Crippen LogP contribution in [0.1, 0.15) is 93.4 Å². The lowest BCUT2D eigenvalue weighted by Crippen LogP contribution is -2.62. The van der Waals surface area contributed by atoms with Gasteiger partial charge in [0.2, 0.25) is 0 Å². The highest BCUT2D eigenvalue weighted by Crippen LogP contribution is 2.58. The van der Waals surface area contributed by atoms with Crippen LogP contribution in [0.15, 0.2) is 12.7 Å². The number of carboxylic acid groups (broad SMARTS) is 1. The van der Waals surface area contributed by atoms with Crippen LogP contribution in [0, 0.1) is 22.7 Å². The quantitative estimate of drug-likeness (QED) is 0.346. The van der Waals surface area contributed by atoms with Gasteiger partial charge in [-0.15, -0.1) is 6.58 Å². The van der Waals surface area contributed by atoms with E-state index in [9.17, 15) is 9.90 Å². The molecule has 1 rings (SSSR count). The summed E-state index contributed by atoms with van der Waals surface area (Å²) in [6.45, 7) is 20.2. The number of nitrogens with one attached hydrogen (secondary N) is 1. The van der Waals surface area contributed by atoms with Crippen LogP contribution in [0.3, 0.4) is 0 Å². The molecule has 3 heteroatoms. The molecule has 1 heterocycles. The fourth-order valence-corrected chi connectivity index (χ4v) is 5.32. The average molecular weight is 366 g/mol. The summed E-state index contributed by atoms with van der Waals surface area (Å²) in [5.41, 5.74) is -0.0961. The third-order valence-corrected chi connectivity index (χ3v) is 7.91. The molecule has 1 fully saturated rings. The van der Waals surface area contributed by atoms with Gasteiger partial charge in [0.25, 0.3) is 0 Å². The summed E-state index contributed by atoms with van der Waals surface area (Å²) in [6.07, 6.45) is 9.62. The van der Waals surface area contributed by atoms with E-state index in [2.05, 4.69) is 60.4 Å². The van der Waals surface area contributed by atoms with Crippen molar-refractivity contribution in [3.8, 4) is 0 Å². The molecule has 0 aromatic heterocycles. The van der Waals surface area contributed by atoms with Gasteiger partial charge < -0.3 is 5.11 Å². The Hall–Kier alpha value is -0.830. The summed E-state index contributed by atoms with van der Waals surface area (Å²) in [5, 5.41) is 13.2. The number of carbonyl (C=O) groups is 1. The topological polar surface area (TPSA) is 49.3 Å². The Balaban J connectivity index is 3.21. The van der Waals surface area contributed by atoms with E-state index in [1.165, 1.54) is 19.3 Å². The molecule has 1 aliphatic heterocycles. The maximum Gasteiger partial charge on any atom is 0.320 e. The first-order valence-electron chi connectivity index (χ1n) is 10.6. The normalized spacial score (nSPS) is 30.8. The van der Waals surface area contributed by atoms with Crippen molar-refractivity contribution in [3.05, 3.63) is 12.7 Å². The lowest BCUT2D eigenvalue weighted by molar-refractivity contribution is -0.139. The van der Waals surface area contributed by atoms with Gasteiger partial charge in [0.05, 0.1) is 0 Å². The second-order valence-electron chi connectivity index (χ2n) is 9.75. The van der Waals surface area contributed by atoms with Crippen molar-refractivity contribution in [2.24, 2.45) is 22.7 Å². The monoisotopic (exact) mass is 365 g/mol. The highest BCUT2D eigenvalue weighted by molar-refractivity contribution is 5.74. The lowest BCUT2D eigenvalue weighted by Gasteiger charge is -2.58. The van der Waals surface area contributed by atoms with E-state index in [-0.39, 0.29) is 16.4 Å². The zero-order chi connectivity index (χ0) is 20.2. The Morgan fingerprint density at radius 3 is 2.42 bits per heavy atom. The van der Waals surface area contributed by atoms with Crippen LogP contribution < -0.4 is 5.32 Å². The molecule has 0 amide bonds. The molecular weight excluding hydrogens is 322 g/mol. The summed E-state index contributed by atoms with van der Waals surface area (Å²) in [7, 11) is 0. The molecule has 0 aliphatic carbocycles. The second-order valence-corrected chi connectivity index (χ2v) is 9.75. The smallest absolute Gasteiger partial charge is 0.320 e. The highest BCUT2D eigenvalue weighted by Gasteiger charge is 2.59. The second kappa shape index (κ2) is 8.91. The van der Waals surface area contributed by atoms with Crippen LogP contribution in [0.5, 0.6) is 0 Å². The number of allylic oxidation sites excluding steroid dienone is 1. The van der Waals surface area contributed by atoms with Gasteiger partial charge in [0.15, 0.2) is 0 Å². The highest BCUT2D eigenvalue weighted by atomic mass is 16.4. The summed E-state index contributed by atoms with van der Waals surface area (Å²) < 4.78 is 0. The Morgan fingerprint density at radius 2 is 2.00 bits per heavy atom. The molecule has 1 saturated heterocycles. The first-order valence-corrected chi connectivity index (χ1v) is 10.6. The van der Waals surface area contributed by atoms with Crippen molar-refractivity contribution in [1.82, 2.24) is 5.32 Å². The predicted molar refractivity (Wildman–Crippen MR) is 111 cm³/mol. The minimum Gasteiger partial charge on any atom is -0.480 e. The minimum absolute atomic E-state index is 0.00351. The Labute approximate surface area is 162 Å². The number of carboxylic acids is 1. The summed E-state index contributed by atoms with van der Waals surface area (Å²) in [6, 6.07) is -0.435. The van der Waals surface area contributed by atoms with E-state index in [1.807, 2.05) is 6.08 Å². The minimum atomic E-state index is -0.718. The van der Waals surface area contributed by atoms with E-state index in [4.69, 9.17) is 0 Å². The van der Waals surface area contributed by atoms with Crippen molar-refractivity contribution in [2.45, 2.75) is 105 Å². The van der Waals surface area contributed by atoms with E-state index >= 15 is 0 Å². The van der Waals surface area contributed by atoms with Gasteiger partial charge in [-0.25, -0.2) is 0 Å². The number of unbranched alkanes of at least 4 members (excludes halogenated alkanes) is 1. The Morgan fingerprint density at radius 1 is 1.38 bits per heavy atom. The third-order valence-electron chi connectivity index (χ3n) is 7.91. The van der Waals surface area contributed by atoms with E-state index in [0.717, 1.165) is 25.2 Å². The van der Waals surface area contributed by atoms with Crippen LogP contribution in [0.25, 0.3) is 0 Å². The fourth-order valence-electron chi connectivity index (χ4n) is 5.32. The summed E-state index contributed by atoms with van der Waals surface area (Å²) in [4.78, 5) is 11.7. The zero-order valence-corrected chi connectivity index (χ0v) is 18.3. The first-order chi connectivity index (χ1) is 12.0. The SMILES string of the molecule is C=CCC(C)(CC)C(C)(CCCCC(C)C)C1(C)NC(C(=O)O)CC1C. The van der Waals surface area contributed by atoms with Crippen LogP contribution >= 0.6 is 0 Å². The summed E-state index contributed by atoms with van der Waals surface area (Å²) >= 11 is 0. The molecule has 5 atom stereocenters. The molecule has 26 heavy (non-hydrogen) atoms. The van der Waals surface area contributed by atoms with Crippen molar-refractivity contribution in [1.29, 1.82) is 0 Å². The molecule has 152 valence electrons. The average Bonchev–Trinajstić information content (AvgIpc) is 2.88.